The predicted octanol–water partition coefficient (Wildman–Crippen LogP) is 4.08. The zero-order valence-corrected chi connectivity index (χ0v) is 16.3. The summed E-state index contributed by atoms with van der Waals surface area (Å²) in [5.41, 5.74) is 3.78. The van der Waals surface area contributed by atoms with Crippen molar-refractivity contribution >= 4 is 23.2 Å². The number of benzene rings is 2. The van der Waals surface area contributed by atoms with Gasteiger partial charge in [0, 0.05) is 24.3 Å². The van der Waals surface area contributed by atoms with Crippen LogP contribution in [0.4, 0.5) is 11.4 Å². The highest BCUT2D eigenvalue weighted by Crippen LogP contribution is 2.28. The van der Waals surface area contributed by atoms with E-state index >= 15 is 0 Å². The maximum atomic E-state index is 12.6. The molecule has 0 aliphatic carbocycles. The first-order valence-electron chi connectivity index (χ1n) is 9.28. The van der Waals surface area contributed by atoms with Crippen LogP contribution in [0, 0.1) is 19.8 Å². The molecule has 2 aromatic rings. The van der Waals surface area contributed by atoms with Gasteiger partial charge < -0.3 is 15.0 Å². The van der Waals surface area contributed by atoms with Gasteiger partial charge in [0.15, 0.2) is 0 Å². The first kappa shape index (κ1) is 19.0. The minimum absolute atomic E-state index is 0.0131. The Kier molecular flexibility index (Phi) is 5.49. The van der Waals surface area contributed by atoms with Crippen molar-refractivity contribution in [3.05, 3.63) is 53.6 Å². The van der Waals surface area contributed by atoms with E-state index in [1.807, 2.05) is 64.1 Å². The number of nitrogens with one attached hydrogen (secondary N) is 1. The van der Waals surface area contributed by atoms with E-state index in [0.717, 1.165) is 22.6 Å². The quantitative estimate of drug-likeness (QED) is 0.867. The standard InChI is InChI=1S/C22H26N2O3/c1-14(2)27-20-7-5-18(6-8-20)23-22(26)17-12-21(25)24(13-17)19-10-15(3)9-16(4)11-19/h5-11,14,17H,12-13H2,1-4H3,(H,23,26). The summed E-state index contributed by atoms with van der Waals surface area (Å²) < 4.78 is 5.61. The molecule has 5 nitrogen and oxygen atoms in total. The lowest BCUT2D eigenvalue weighted by Gasteiger charge is -2.18. The van der Waals surface area contributed by atoms with Crippen molar-refractivity contribution in [1.82, 2.24) is 0 Å². The van der Waals surface area contributed by atoms with Crippen LogP contribution in [0.2, 0.25) is 0 Å². The topological polar surface area (TPSA) is 58.6 Å². The monoisotopic (exact) mass is 366 g/mol. The van der Waals surface area contributed by atoms with Crippen molar-refractivity contribution in [2.45, 2.75) is 40.2 Å². The highest BCUT2D eigenvalue weighted by atomic mass is 16.5. The van der Waals surface area contributed by atoms with Crippen LogP contribution in [-0.2, 0) is 9.59 Å². The van der Waals surface area contributed by atoms with Gasteiger partial charge in [-0.15, -0.1) is 0 Å². The second kappa shape index (κ2) is 7.82. The number of hydrogen-bond donors (Lipinski definition) is 1. The number of anilines is 2. The van der Waals surface area contributed by atoms with Gasteiger partial charge in [-0.3, -0.25) is 9.59 Å². The molecule has 1 aliphatic rings. The smallest absolute Gasteiger partial charge is 0.229 e. The highest BCUT2D eigenvalue weighted by Gasteiger charge is 2.35. The number of aryl methyl sites for hydroxylation is 2. The average Bonchev–Trinajstić information content (AvgIpc) is 2.97. The van der Waals surface area contributed by atoms with Gasteiger partial charge in [-0.05, 0) is 75.2 Å². The highest BCUT2D eigenvalue weighted by molar-refractivity contribution is 6.03. The molecule has 27 heavy (non-hydrogen) atoms. The summed E-state index contributed by atoms with van der Waals surface area (Å²) in [6.07, 6.45) is 0.332. The van der Waals surface area contributed by atoms with E-state index in [4.69, 9.17) is 4.74 Å². The van der Waals surface area contributed by atoms with Gasteiger partial charge in [0.1, 0.15) is 5.75 Å². The SMILES string of the molecule is Cc1cc(C)cc(N2CC(C(=O)Nc3ccc(OC(C)C)cc3)CC2=O)c1. The maximum absolute atomic E-state index is 12.6. The van der Waals surface area contributed by atoms with E-state index in [0.29, 0.717) is 12.2 Å². The van der Waals surface area contributed by atoms with Gasteiger partial charge in [-0.1, -0.05) is 6.07 Å². The van der Waals surface area contributed by atoms with Gasteiger partial charge in [-0.25, -0.2) is 0 Å². The molecular weight excluding hydrogens is 340 g/mol. The largest absolute Gasteiger partial charge is 0.491 e. The van der Waals surface area contributed by atoms with Crippen molar-refractivity contribution in [3.8, 4) is 5.75 Å². The first-order valence-corrected chi connectivity index (χ1v) is 9.28. The molecule has 0 bridgehead atoms. The van der Waals surface area contributed by atoms with Gasteiger partial charge in [-0.2, -0.15) is 0 Å². The van der Waals surface area contributed by atoms with E-state index in [1.54, 1.807) is 4.90 Å². The van der Waals surface area contributed by atoms with E-state index < -0.39 is 0 Å². The van der Waals surface area contributed by atoms with E-state index in [1.165, 1.54) is 0 Å². The summed E-state index contributed by atoms with van der Waals surface area (Å²) in [5, 5.41) is 2.91. The van der Waals surface area contributed by atoms with Crippen LogP contribution >= 0.6 is 0 Å². The van der Waals surface area contributed by atoms with Crippen molar-refractivity contribution in [1.29, 1.82) is 0 Å². The molecule has 2 amide bonds. The Hall–Kier alpha value is -2.82. The van der Waals surface area contributed by atoms with Crippen LogP contribution in [0.3, 0.4) is 0 Å². The van der Waals surface area contributed by atoms with Crippen molar-refractivity contribution in [2.75, 3.05) is 16.8 Å². The first-order chi connectivity index (χ1) is 12.8. The Bertz CT molecular complexity index is 823. The van der Waals surface area contributed by atoms with Crippen LogP contribution in [0.1, 0.15) is 31.4 Å². The molecule has 3 rings (SSSR count). The number of amides is 2. The third-order valence-electron chi connectivity index (χ3n) is 4.51. The maximum Gasteiger partial charge on any atom is 0.229 e. The number of nitrogens with zero attached hydrogens (tertiary/aromatic N) is 1. The summed E-state index contributed by atoms with van der Waals surface area (Å²) in [7, 11) is 0. The molecule has 1 atom stereocenters. The third-order valence-corrected chi connectivity index (χ3v) is 4.51. The lowest BCUT2D eigenvalue weighted by molar-refractivity contribution is -0.122. The molecule has 0 radical (unpaired) electrons. The second-order valence-corrected chi connectivity index (χ2v) is 7.43. The summed E-state index contributed by atoms with van der Waals surface area (Å²) in [5.74, 6) is 0.263. The van der Waals surface area contributed by atoms with Gasteiger partial charge in [0.05, 0.1) is 12.0 Å². The Morgan fingerprint density at radius 3 is 2.33 bits per heavy atom. The molecule has 1 unspecified atom stereocenters. The predicted molar refractivity (Wildman–Crippen MR) is 107 cm³/mol. The molecule has 1 heterocycles. The van der Waals surface area contributed by atoms with Crippen LogP contribution in [0.25, 0.3) is 0 Å². The Balaban J connectivity index is 1.65. The molecule has 0 aromatic heterocycles. The fraction of sp³-hybridized carbons (Fsp3) is 0.364. The van der Waals surface area contributed by atoms with Gasteiger partial charge in [0.25, 0.3) is 0 Å². The molecular formula is C22H26N2O3. The molecule has 1 saturated heterocycles. The van der Waals surface area contributed by atoms with Crippen LogP contribution < -0.4 is 15.0 Å². The zero-order valence-electron chi connectivity index (χ0n) is 16.3. The molecule has 0 spiro atoms. The average molecular weight is 366 g/mol. The summed E-state index contributed by atoms with van der Waals surface area (Å²) in [6, 6.07) is 13.3. The Morgan fingerprint density at radius 2 is 1.74 bits per heavy atom. The van der Waals surface area contributed by atoms with Gasteiger partial charge in [0.2, 0.25) is 11.8 Å². The zero-order chi connectivity index (χ0) is 19.6. The minimum atomic E-state index is -0.357. The Morgan fingerprint density at radius 1 is 1.11 bits per heavy atom. The fourth-order valence-corrected chi connectivity index (χ4v) is 3.37. The summed E-state index contributed by atoms with van der Waals surface area (Å²) in [6.45, 7) is 8.35. The van der Waals surface area contributed by atoms with Crippen LogP contribution in [0.15, 0.2) is 42.5 Å². The summed E-state index contributed by atoms with van der Waals surface area (Å²) in [4.78, 5) is 26.8. The fourth-order valence-electron chi connectivity index (χ4n) is 3.37. The molecule has 2 aromatic carbocycles. The number of hydrogen-bond acceptors (Lipinski definition) is 3. The van der Waals surface area contributed by atoms with Crippen LogP contribution in [-0.4, -0.2) is 24.5 Å². The molecule has 1 N–H and O–H groups in total. The third kappa shape index (κ3) is 4.67. The molecule has 142 valence electrons. The molecule has 5 heteroatoms. The van der Waals surface area contributed by atoms with E-state index in [2.05, 4.69) is 11.4 Å². The second-order valence-electron chi connectivity index (χ2n) is 7.43. The minimum Gasteiger partial charge on any atom is -0.491 e. The van der Waals surface area contributed by atoms with Crippen molar-refractivity contribution in [2.24, 2.45) is 5.92 Å². The lowest BCUT2D eigenvalue weighted by Crippen LogP contribution is -2.28. The van der Waals surface area contributed by atoms with E-state index in [9.17, 15) is 9.59 Å². The number of carbonyl (C=O) groups excluding carboxylic acids is 2. The number of carbonyl (C=O) groups is 2. The Labute approximate surface area is 160 Å². The van der Waals surface area contributed by atoms with E-state index in [-0.39, 0.29) is 30.3 Å². The summed E-state index contributed by atoms with van der Waals surface area (Å²) >= 11 is 0. The number of ether oxygens (including phenoxy) is 1. The molecule has 1 fully saturated rings. The van der Waals surface area contributed by atoms with Crippen LogP contribution in [0.5, 0.6) is 5.75 Å². The number of rotatable bonds is 5. The molecule has 1 aliphatic heterocycles. The van der Waals surface area contributed by atoms with Crippen molar-refractivity contribution in [3.63, 3.8) is 0 Å². The normalized spacial score (nSPS) is 16.7. The lowest BCUT2D eigenvalue weighted by atomic mass is 10.1. The van der Waals surface area contributed by atoms with Crippen molar-refractivity contribution < 1.29 is 14.3 Å². The van der Waals surface area contributed by atoms with Gasteiger partial charge >= 0.3 is 0 Å². The molecule has 0 saturated carbocycles.